The number of benzene rings is 1. The van der Waals surface area contributed by atoms with E-state index < -0.39 is 0 Å². The van der Waals surface area contributed by atoms with Crippen molar-refractivity contribution in [2.24, 2.45) is 5.73 Å². The van der Waals surface area contributed by atoms with E-state index >= 15 is 0 Å². The Kier molecular flexibility index (Phi) is 3.69. The maximum Gasteiger partial charge on any atom is 0.0537 e. The van der Waals surface area contributed by atoms with Gasteiger partial charge in [0.15, 0.2) is 0 Å². The highest BCUT2D eigenvalue weighted by Crippen LogP contribution is 2.44. The largest absolute Gasteiger partial charge is 0.370 e. The number of aryl methyl sites for hydroxylation is 1. The topological polar surface area (TPSA) is 29.3 Å². The molecule has 2 unspecified atom stereocenters. The van der Waals surface area contributed by atoms with Gasteiger partial charge in [-0.15, -0.1) is 11.8 Å². The van der Waals surface area contributed by atoms with Gasteiger partial charge in [-0.25, -0.2) is 0 Å². The molecule has 0 radical (unpaired) electrons. The van der Waals surface area contributed by atoms with Gasteiger partial charge in [0.05, 0.1) is 5.69 Å². The highest BCUT2D eigenvalue weighted by molar-refractivity contribution is 8.00. The number of anilines is 1. The van der Waals surface area contributed by atoms with Gasteiger partial charge in [0, 0.05) is 23.2 Å². The highest BCUT2D eigenvalue weighted by Gasteiger charge is 2.30. The van der Waals surface area contributed by atoms with Crippen LogP contribution < -0.4 is 10.6 Å². The van der Waals surface area contributed by atoms with Crippen molar-refractivity contribution >= 4 is 17.4 Å². The predicted molar refractivity (Wildman–Crippen MR) is 77.1 cm³/mol. The van der Waals surface area contributed by atoms with Crippen LogP contribution in [0.1, 0.15) is 24.5 Å². The van der Waals surface area contributed by atoms with Crippen molar-refractivity contribution < 1.29 is 0 Å². The second-order valence-electron chi connectivity index (χ2n) is 4.94. The number of fused-ring (bicyclic) bond motifs is 1. The molecule has 1 aliphatic heterocycles. The van der Waals surface area contributed by atoms with E-state index in [1.807, 2.05) is 11.8 Å². The van der Waals surface area contributed by atoms with Crippen LogP contribution in [0.25, 0.3) is 0 Å². The Morgan fingerprint density at radius 1 is 1.35 bits per heavy atom. The Morgan fingerprint density at radius 2 is 2.06 bits per heavy atom. The summed E-state index contributed by atoms with van der Waals surface area (Å²) < 4.78 is 0. The smallest absolute Gasteiger partial charge is 0.0537 e. The summed E-state index contributed by atoms with van der Waals surface area (Å²) in [7, 11) is 2.21. The van der Waals surface area contributed by atoms with E-state index in [1.165, 1.54) is 21.7 Å². The van der Waals surface area contributed by atoms with Crippen LogP contribution in [0.4, 0.5) is 5.69 Å². The zero-order chi connectivity index (χ0) is 12.6. The molecule has 0 saturated heterocycles. The summed E-state index contributed by atoms with van der Waals surface area (Å²) >= 11 is 1.99. The standard InChI is InChI=1S/C14H22N2S/c1-9-5-6-13-14(10(9)2)16(4)11(3)12(17-13)7-8-15/h5-6,11-12H,7-8,15H2,1-4H3. The molecule has 0 bridgehead atoms. The van der Waals surface area contributed by atoms with E-state index in [2.05, 4.69) is 44.9 Å². The van der Waals surface area contributed by atoms with Gasteiger partial charge in [0.2, 0.25) is 0 Å². The summed E-state index contributed by atoms with van der Waals surface area (Å²) in [4.78, 5) is 3.83. The Hall–Kier alpha value is -0.670. The van der Waals surface area contributed by atoms with Crippen LogP contribution in [0.2, 0.25) is 0 Å². The number of nitrogens with zero attached hydrogens (tertiary/aromatic N) is 1. The van der Waals surface area contributed by atoms with Crippen LogP contribution in [0.15, 0.2) is 17.0 Å². The van der Waals surface area contributed by atoms with Crippen molar-refractivity contribution in [2.75, 3.05) is 18.5 Å². The lowest BCUT2D eigenvalue weighted by Gasteiger charge is -2.40. The monoisotopic (exact) mass is 250 g/mol. The van der Waals surface area contributed by atoms with Crippen LogP contribution in [0.3, 0.4) is 0 Å². The van der Waals surface area contributed by atoms with Crippen molar-refractivity contribution in [3.63, 3.8) is 0 Å². The van der Waals surface area contributed by atoms with Crippen LogP contribution >= 0.6 is 11.8 Å². The van der Waals surface area contributed by atoms with Gasteiger partial charge in [-0.3, -0.25) is 0 Å². The lowest BCUT2D eigenvalue weighted by molar-refractivity contribution is 0.602. The van der Waals surface area contributed by atoms with E-state index in [1.54, 1.807) is 0 Å². The molecule has 0 aromatic heterocycles. The Labute approximate surface area is 109 Å². The van der Waals surface area contributed by atoms with Gasteiger partial charge in [0.25, 0.3) is 0 Å². The van der Waals surface area contributed by atoms with Crippen molar-refractivity contribution in [3.05, 3.63) is 23.3 Å². The first-order valence-corrected chi connectivity index (χ1v) is 7.14. The minimum atomic E-state index is 0.552. The first-order valence-electron chi connectivity index (χ1n) is 6.26. The minimum Gasteiger partial charge on any atom is -0.370 e. The van der Waals surface area contributed by atoms with Crippen molar-refractivity contribution in [1.29, 1.82) is 0 Å². The maximum atomic E-state index is 5.71. The fourth-order valence-electron chi connectivity index (χ4n) is 2.49. The highest BCUT2D eigenvalue weighted by atomic mass is 32.2. The van der Waals surface area contributed by atoms with Gasteiger partial charge >= 0.3 is 0 Å². The van der Waals surface area contributed by atoms with Gasteiger partial charge in [-0.2, -0.15) is 0 Å². The molecule has 0 amide bonds. The quantitative estimate of drug-likeness (QED) is 0.875. The third-order valence-corrected chi connectivity index (χ3v) is 5.41. The van der Waals surface area contributed by atoms with E-state index in [0.29, 0.717) is 11.3 Å². The Balaban J connectivity index is 2.42. The molecule has 1 aromatic carbocycles. The fraction of sp³-hybridized carbons (Fsp3) is 0.571. The van der Waals surface area contributed by atoms with Crippen molar-refractivity contribution in [1.82, 2.24) is 0 Å². The molecule has 0 saturated carbocycles. The average molecular weight is 250 g/mol. The van der Waals surface area contributed by atoms with E-state index in [9.17, 15) is 0 Å². The molecule has 2 atom stereocenters. The van der Waals surface area contributed by atoms with Crippen LogP contribution in [0, 0.1) is 13.8 Å². The molecule has 0 fully saturated rings. The normalized spacial score (nSPS) is 23.7. The van der Waals surface area contributed by atoms with Gasteiger partial charge < -0.3 is 10.6 Å². The molecular formula is C14H22N2S. The third kappa shape index (κ3) is 2.18. The lowest BCUT2D eigenvalue weighted by atomic mass is 10.0. The zero-order valence-corrected chi connectivity index (χ0v) is 12.0. The molecule has 1 heterocycles. The molecule has 2 rings (SSSR count). The summed E-state index contributed by atoms with van der Waals surface area (Å²) in [6.45, 7) is 7.49. The predicted octanol–water partition coefficient (Wildman–Crippen LogP) is 2.95. The molecule has 2 nitrogen and oxygen atoms in total. The zero-order valence-electron chi connectivity index (χ0n) is 11.2. The molecule has 1 aromatic rings. The Morgan fingerprint density at radius 3 is 2.71 bits per heavy atom. The summed E-state index contributed by atoms with van der Waals surface area (Å²) in [5, 5.41) is 0.611. The summed E-state index contributed by atoms with van der Waals surface area (Å²) in [5.74, 6) is 0. The second kappa shape index (κ2) is 4.91. The fourth-order valence-corrected chi connectivity index (χ4v) is 4.00. The summed E-state index contributed by atoms with van der Waals surface area (Å²) in [6, 6.07) is 5.04. The van der Waals surface area contributed by atoms with Gasteiger partial charge in [-0.1, -0.05) is 6.07 Å². The van der Waals surface area contributed by atoms with Crippen molar-refractivity contribution in [3.8, 4) is 0 Å². The van der Waals surface area contributed by atoms with Crippen LogP contribution in [-0.2, 0) is 0 Å². The molecule has 1 aliphatic rings. The molecule has 3 heteroatoms. The molecule has 94 valence electrons. The summed E-state index contributed by atoms with van der Waals surface area (Å²) in [5.41, 5.74) is 9.91. The number of rotatable bonds is 2. The first kappa shape index (κ1) is 12.8. The SMILES string of the molecule is Cc1ccc2c(c1C)N(C)C(C)C(CCN)S2. The number of thioether (sulfide) groups is 1. The van der Waals surface area contributed by atoms with Gasteiger partial charge in [-0.05, 0) is 50.9 Å². The number of hydrogen-bond donors (Lipinski definition) is 1. The number of nitrogens with two attached hydrogens (primary N) is 1. The minimum absolute atomic E-state index is 0.552. The molecule has 2 N–H and O–H groups in total. The molecule has 0 spiro atoms. The lowest BCUT2D eigenvalue weighted by Crippen LogP contribution is -2.41. The van der Waals surface area contributed by atoms with Crippen molar-refractivity contribution in [2.45, 2.75) is 43.4 Å². The summed E-state index contributed by atoms with van der Waals surface area (Å²) in [6.07, 6.45) is 1.09. The first-order chi connectivity index (χ1) is 8.06. The van der Waals surface area contributed by atoms with E-state index in [-0.39, 0.29) is 0 Å². The van der Waals surface area contributed by atoms with Crippen LogP contribution in [0.5, 0.6) is 0 Å². The van der Waals surface area contributed by atoms with Gasteiger partial charge in [0.1, 0.15) is 0 Å². The molecule has 0 aliphatic carbocycles. The third-order valence-electron chi connectivity index (χ3n) is 3.90. The Bertz CT molecular complexity index is 417. The van der Waals surface area contributed by atoms with Crippen LogP contribution in [-0.4, -0.2) is 24.9 Å². The van der Waals surface area contributed by atoms with E-state index in [4.69, 9.17) is 5.73 Å². The van der Waals surface area contributed by atoms with E-state index in [0.717, 1.165) is 13.0 Å². The maximum absolute atomic E-state index is 5.71. The molecule has 17 heavy (non-hydrogen) atoms. The molecular weight excluding hydrogens is 228 g/mol. The number of hydrogen-bond acceptors (Lipinski definition) is 3. The average Bonchev–Trinajstić information content (AvgIpc) is 2.30. The second-order valence-corrected chi connectivity index (χ2v) is 6.22.